The van der Waals surface area contributed by atoms with Gasteiger partial charge in [0.25, 0.3) is 5.91 Å². The molecule has 0 atom stereocenters. The first-order chi connectivity index (χ1) is 8.54. The Balaban J connectivity index is 2.49. The third-order valence-corrected chi connectivity index (χ3v) is 2.91. The highest BCUT2D eigenvalue weighted by molar-refractivity contribution is 6.34. The standard InChI is InChI=1S/C12H16Cl2N2O2/c1-15-5-6-16(2)12(17)8-18-11-7-9(13)3-4-10(11)14/h3-4,7,15H,5-6,8H2,1-2H3. The van der Waals surface area contributed by atoms with E-state index in [1.165, 1.54) is 0 Å². The second kappa shape index (κ2) is 7.46. The van der Waals surface area contributed by atoms with Gasteiger partial charge in [0.15, 0.2) is 6.61 Å². The van der Waals surface area contributed by atoms with Crippen LogP contribution in [0.4, 0.5) is 0 Å². The first-order valence-corrected chi connectivity index (χ1v) is 6.26. The van der Waals surface area contributed by atoms with Gasteiger partial charge in [-0.2, -0.15) is 0 Å². The van der Waals surface area contributed by atoms with Gasteiger partial charge in [-0.25, -0.2) is 0 Å². The Morgan fingerprint density at radius 2 is 2.17 bits per heavy atom. The number of hydrogen-bond acceptors (Lipinski definition) is 3. The van der Waals surface area contributed by atoms with Crippen molar-refractivity contribution in [1.82, 2.24) is 10.2 Å². The molecule has 1 amide bonds. The molecule has 0 unspecified atom stereocenters. The summed E-state index contributed by atoms with van der Waals surface area (Å²) in [5.41, 5.74) is 0. The predicted octanol–water partition coefficient (Wildman–Crippen LogP) is 2.05. The van der Waals surface area contributed by atoms with Crippen LogP contribution in [-0.2, 0) is 4.79 Å². The Kier molecular flexibility index (Phi) is 6.25. The molecule has 0 aliphatic carbocycles. The third kappa shape index (κ3) is 4.72. The monoisotopic (exact) mass is 290 g/mol. The van der Waals surface area contributed by atoms with Gasteiger partial charge in [0.1, 0.15) is 5.75 Å². The Bertz CT molecular complexity index is 413. The zero-order chi connectivity index (χ0) is 13.5. The predicted molar refractivity (Wildman–Crippen MR) is 73.5 cm³/mol. The number of hydrogen-bond donors (Lipinski definition) is 1. The molecule has 0 fully saturated rings. The number of amides is 1. The molecule has 1 rings (SSSR count). The number of nitrogens with one attached hydrogen (secondary N) is 1. The zero-order valence-corrected chi connectivity index (χ0v) is 11.9. The number of carbonyl (C=O) groups is 1. The van der Waals surface area contributed by atoms with Gasteiger partial charge in [-0.1, -0.05) is 23.2 Å². The van der Waals surface area contributed by atoms with Crippen LogP contribution in [-0.4, -0.2) is 44.6 Å². The Morgan fingerprint density at radius 3 is 2.83 bits per heavy atom. The van der Waals surface area contributed by atoms with Crippen LogP contribution in [0.5, 0.6) is 5.75 Å². The lowest BCUT2D eigenvalue weighted by Gasteiger charge is -2.17. The molecule has 18 heavy (non-hydrogen) atoms. The van der Waals surface area contributed by atoms with E-state index in [0.29, 0.717) is 22.3 Å². The second-order valence-electron chi connectivity index (χ2n) is 3.78. The van der Waals surface area contributed by atoms with E-state index in [1.54, 1.807) is 30.1 Å². The number of carbonyl (C=O) groups excluding carboxylic acids is 1. The minimum atomic E-state index is -0.110. The van der Waals surface area contributed by atoms with Crippen molar-refractivity contribution in [3.05, 3.63) is 28.2 Å². The van der Waals surface area contributed by atoms with Gasteiger partial charge in [0, 0.05) is 31.2 Å². The molecule has 0 saturated heterocycles. The lowest BCUT2D eigenvalue weighted by Crippen LogP contribution is -2.35. The molecule has 0 bridgehead atoms. The maximum Gasteiger partial charge on any atom is 0.260 e. The molecule has 1 aromatic carbocycles. The van der Waals surface area contributed by atoms with E-state index in [2.05, 4.69) is 5.32 Å². The van der Waals surface area contributed by atoms with Crippen LogP contribution in [0.1, 0.15) is 0 Å². The molecule has 0 radical (unpaired) electrons. The summed E-state index contributed by atoms with van der Waals surface area (Å²) in [5, 5.41) is 3.92. The quantitative estimate of drug-likeness (QED) is 0.872. The molecule has 0 aliphatic rings. The number of rotatable bonds is 6. The van der Waals surface area contributed by atoms with E-state index in [1.807, 2.05) is 7.05 Å². The number of ether oxygens (including phenoxy) is 1. The van der Waals surface area contributed by atoms with E-state index >= 15 is 0 Å². The number of likely N-dealkylation sites (N-methyl/N-ethyl adjacent to an activating group) is 2. The first-order valence-electron chi connectivity index (χ1n) is 5.51. The largest absolute Gasteiger partial charge is 0.482 e. The summed E-state index contributed by atoms with van der Waals surface area (Å²) in [6, 6.07) is 4.89. The third-order valence-electron chi connectivity index (χ3n) is 2.37. The van der Waals surface area contributed by atoms with E-state index in [9.17, 15) is 4.79 Å². The van der Waals surface area contributed by atoms with Crippen molar-refractivity contribution in [1.29, 1.82) is 0 Å². The summed E-state index contributed by atoms with van der Waals surface area (Å²) in [6.07, 6.45) is 0. The van der Waals surface area contributed by atoms with Crippen molar-refractivity contribution in [2.45, 2.75) is 0 Å². The Morgan fingerprint density at radius 1 is 1.44 bits per heavy atom. The number of benzene rings is 1. The normalized spacial score (nSPS) is 10.2. The Hall–Kier alpha value is -0.970. The summed E-state index contributed by atoms with van der Waals surface area (Å²) in [7, 11) is 3.56. The van der Waals surface area contributed by atoms with E-state index in [4.69, 9.17) is 27.9 Å². The van der Waals surface area contributed by atoms with Crippen molar-refractivity contribution in [2.24, 2.45) is 0 Å². The summed E-state index contributed by atoms with van der Waals surface area (Å²) in [4.78, 5) is 13.3. The highest BCUT2D eigenvalue weighted by Crippen LogP contribution is 2.27. The minimum Gasteiger partial charge on any atom is -0.482 e. The molecule has 6 heteroatoms. The smallest absolute Gasteiger partial charge is 0.260 e. The van der Waals surface area contributed by atoms with Gasteiger partial charge < -0.3 is 15.0 Å². The van der Waals surface area contributed by atoms with E-state index < -0.39 is 0 Å². The van der Waals surface area contributed by atoms with Crippen molar-refractivity contribution in [3.63, 3.8) is 0 Å². The fourth-order valence-electron chi connectivity index (χ4n) is 1.24. The topological polar surface area (TPSA) is 41.6 Å². The maximum absolute atomic E-state index is 11.7. The molecule has 0 saturated carbocycles. The van der Waals surface area contributed by atoms with Crippen LogP contribution >= 0.6 is 23.2 Å². The van der Waals surface area contributed by atoms with Crippen LogP contribution < -0.4 is 10.1 Å². The fraction of sp³-hybridized carbons (Fsp3) is 0.417. The molecule has 0 spiro atoms. The van der Waals surface area contributed by atoms with Crippen molar-refractivity contribution >= 4 is 29.1 Å². The summed E-state index contributed by atoms with van der Waals surface area (Å²) < 4.78 is 5.35. The highest BCUT2D eigenvalue weighted by Gasteiger charge is 2.10. The van der Waals surface area contributed by atoms with Crippen molar-refractivity contribution < 1.29 is 9.53 Å². The van der Waals surface area contributed by atoms with Crippen LogP contribution in [0.3, 0.4) is 0 Å². The molecule has 100 valence electrons. The molecule has 0 aromatic heterocycles. The van der Waals surface area contributed by atoms with Crippen LogP contribution in [0.25, 0.3) is 0 Å². The van der Waals surface area contributed by atoms with Gasteiger partial charge in [-0.3, -0.25) is 4.79 Å². The average molecular weight is 291 g/mol. The minimum absolute atomic E-state index is 0.0553. The second-order valence-corrected chi connectivity index (χ2v) is 4.63. The van der Waals surface area contributed by atoms with E-state index in [0.717, 1.165) is 6.54 Å². The summed E-state index contributed by atoms with van der Waals surface area (Å²) in [5.74, 6) is 0.306. The average Bonchev–Trinajstić information content (AvgIpc) is 2.36. The highest BCUT2D eigenvalue weighted by atomic mass is 35.5. The summed E-state index contributed by atoms with van der Waals surface area (Å²) in [6.45, 7) is 1.31. The molecule has 1 aromatic rings. The maximum atomic E-state index is 11.7. The molecule has 4 nitrogen and oxygen atoms in total. The van der Waals surface area contributed by atoms with E-state index in [-0.39, 0.29) is 12.5 Å². The number of halogens is 2. The molecular formula is C12H16Cl2N2O2. The zero-order valence-electron chi connectivity index (χ0n) is 10.4. The lowest BCUT2D eigenvalue weighted by atomic mass is 10.3. The van der Waals surface area contributed by atoms with Gasteiger partial charge >= 0.3 is 0 Å². The fourth-order valence-corrected chi connectivity index (χ4v) is 1.58. The Labute approximate surface area is 117 Å². The molecule has 0 aliphatic heterocycles. The van der Waals surface area contributed by atoms with Gasteiger partial charge in [-0.05, 0) is 19.2 Å². The molecular weight excluding hydrogens is 275 g/mol. The van der Waals surface area contributed by atoms with Crippen molar-refractivity contribution in [2.75, 3.05) is 33.8 Å². The van der Waals surface area contributed by atoms with Crippen LogP contribution in [0.15, 0.2) is 18.2 Å². The van der Waals surface area contributed by atoms with Gasteiger partial charge in [-0.15, -0.1) is 0 Å². The lowest BCUT2D eigenvalue weighted by molar-refractivity contribution is -0.131. The molecule has 1 N–H and O–H groups in total. The van der Waals surface area contributed by atoms with Crippen LogP contribution in [0, 0.1) is 0 Å². The molecule has 0 heterocycles. The SMILES string of the molecule is CNCCN(C)C(=O)COc1cc(Cl)ccc1Cl. The van der Waals surface area contributed by atoms with Crippen LogP contribution in [0.2, 0.25) is 10.0 Å². The number of nitrogens with zero attached hydrogens (tertiary/aromatic N) is 1. The van der Waals surface area contributed by atoms with Gasteiger partial charge in [0.05, 0.1) is 5.02 Å². The van der Waals surface area contributed by atoms with Crippen molar-refractivity contribution in [3.8, 4) is 5.75 Å². The first kappa shape index (κ1) is 15.1. The summed E-state index contributed by atoms with van der Waals surface area (Å²) >= 11 is 11.7. The van der Waals surface area contributed by atoms with Gasteiger partial charge in [0.2, 0.25) is 0 Å².